The molecule has 0 bridgehead atoms. The van der Waals surface area contributed by atoms with Crippen molar-refractivity contribution in [2.24, 2.45) is 0 Å². The lowest BCUT2D eigenvalue weighted by atomic mass is 9.97. The number of anilines is 1. The Morgan fingerprint density at radius 2 is 2.16 bits per heavy atom. The van der Waals surface area contributed by atoms with Gasteiger partial charge in [0.15, 0.2) is 0 Å². The van der Waals surface area contributed by atoms with E-state index in [0.717, 1.165) is 19.3 Å². The van der Waals surface area contributed by atoms with E-state index in [-0.39, 0.29) is 4.90 Å². The molecule has 5 nitrogen and oxygen atoms in total. The van der Waals surface area contributed by atoms with Gasteiger partial charge in [-0.2, -0.15) is 0 Å². The van der Waals surface area contributed by atoms with Crippen molar-refractivity contribution in [3.05, 3.63) is 30.0 Å². The Kier molecular flexibility index (Phi) is 4.55. The third kappa shape index (κ3) is 4.04. The maximum absolute atomic E-state index is 12.0. The van der Waals surface area contributed by atoms with Gasteiger partial charge in [-0.05, 0) is 44.2 Å². The molecule has 0 saturated carbocycles. The molecule has 1 aromatic rings. The molecule has 19 heavy (non-hydrogen) atoms. The fourth-order valence-corrected chi connectivity index (χ4v) is 3.09. The zero-order chi connectivity index (χ0) is 13.7. The number of nitrogens with zero attached hydrogens (tertiary/aromatic N) is 1. The molecular formula is C13H19N3O2S. The van der Waals surface area contributed by atoms with Gasteiger partial charge in [-0.1, -0.05) is 11.6 Å². The fraction of sp³-hybridized carbons (Fsp3) is 0.462. The topological polar surface area (TPSA) is 85.1 Å². The van der Waals surface area contributed by atoms with Crippen molar-refractivity contribution in [2.45, 2.75) is 37.0 Å². The van der Waals surface area contributed by atoms with Gasteiger partial charge in [0.25, 0.3) is 0 Å². The van der Waals surface area contributed by atoms with Gasteiger partial charge >= 0.3 is 0 Å². The quantitative estimate of drug-likeness (QED) is 0.806. The number of nitrogens with two attached hydrogens (primary N) is 1. The molecule has 1 aliphatic rings. The van der Waals surface area contributed by atoms with Crippen molar-refractivity contribution >= 4 is 15.8 Å². The third-order valence-corrected chi connectivity index (χ3v) is 4.64. The Morgan fingerprint density at radius 1 is 1.32 bits per heavy atom. The van der Waals surface area contributed by atoms with E-state index in [1.807, 2.05) is 0 Å². The van der Waals surface area contributed by atoms with Crippen LogP contribution in [0, 0.1) is 0 Å². The highest BCUT2D eigenvalue weighted by molar-refractivity contribution is 7.89. The summed E-state index contributed by atoms with van der Waals surface area (Å²) in [5, 5.41) is 0. The summed E-state index contributed by atoms with van der Waals surface area (Å²) in [4.78, 5) is 3.94. The summed E-state index contributed by atoms with van der Waals surface area (Å²) in [5.41, 5.74) is 6.79. The maximum Gasteiger partial charge on any atom is 0.242 e. The highest BCUT2D eigenvalue weighted by atomic mass is 32.2. The molecule has 0 amide bonds. The Labute approximate surface area is 114 Å². The fourth-order valence-electron chi connectivity index (χ4n) is 2.11. The zero-order valence-corrected chi connectivity index (χ0v) is 11.6. The number of sulfonamides is 1. The number of allylic oxidation sites excluding steroid dienone is 1. The summed E-state index contributed by atoms with van der Waals surface area (Å²) in [7, 11) is -3.47. The van der Waals surface area contributed by atoms with E-state index >= 15 is 0 Å². The SMILES string of the molecule is Nc1ccc(S(=O)(=O)NCCC2=CCCCC2)cn1. The lowest BCUT2D eigenvalue weighted by Gasteiger charge is -2.13. The molecule has 1 heterocycles. The van der Waals surface area contributed by atoms with Crippen molar-refractivity contribution < 1.29 is 8.42 Å². The average molecular weight is 281 g/mol. The summed E-state index contributed by atoms with van der Waals surface area (Å²) in [6, 6.07) is 2.95. The van der Waals surface area contributed by atoms with E-state index < -0.39 is 10.0 Å². The van der Waals surface area contributed by atoms with Crippen LogP contribution in [0.25, 0.3) is 0 Å². The van der Waals surface area contributed by atoms with Crippen LogP contribution in [0.5, 0.6) is 0 Å². The van der Waals surface area contributed by atoms with Gasteiger partial charge in [-0.15, -0.1) is 0 Å². The predicted octanol–water partition coefficient (Wildman–Crippen LogP) is 1.83. The summed E-state index contributed by atoms with van der Waals surface area (Å²) in [6.07, 6.45) is 8.93. The van der Waals surface area contributed by atoms with Gasteiger partial charge in [-0.3, -0.25) is 0 Å². The molecule has 1 aromatic heterocycles. The number of aromatic nitrogens is 1. The molecule has 104 valence electrons. The molecule has 0 aliphatic heterocycles. The third-order valence-electron chi connectivity index (χ3n) is 3.19. The standard InChI is InChI=1S/C13H19N3O2S/c14-13-7-6-12(10-15-13)19(17,18)16-9-8-11-4-2-1-3-5-11/h4,6-7,10,16H,1-3,5,8-9H2,(H2,14,15). The van der Waals surface area contributed by atoms with Crippen LogP contribution in [-0.4, -0.2) is 19.9 Å². The molecule has 6 heteroatoms. The number of rotatable bonds is 5. The first-order valence-electron chi connectivity index (χ1n) is 6.47. The molecule has 0 radical (unpaired) electrons. The Hall–Kier alpha value is -1.40. The summed E-state index contributed by atoms with van der Waals surface area (Å²) >= 11 is 0. The molecule has 2 rings (SSSR count). The second-order valence-corrected chi connectivity index (χ2v) is 6.44. The maximum atomic E-state index is 12.0. The number of pyridine rings is 1. The molecule has 0 unspecified atom stereocenters. The highest BCUT2D eigenvalue weighted by Gasteiger charge is 2.14. The number of hydrogen-bond acceptors (Lipinski definition) is 4. The first-order valence-corrected chi connectivity index (χ1v) is 7.95. The van der Waals surface area contributed by atoms with Crippen LogP contribution in [0.1, 0.15) is 32.1 Å². The van der Waals surface area contributed by atoms with Crippen LogP contribution in [0.3, 0.4) is 0 Å². The summed E-state index contributed by atoms with van der Waals surface area (Å²) in [6.45, 7) is 0.429. The minimum atomic E-state index is -3.47. The number of nitrogen functional groups attached to an aromatic ring is 1. The van der Waals surface area contributed by atoms with E-state index in [4.69, 9.17) is 5.73 Å². The number of hydrogen-bond donors (Lipinski definition) is 2. The van der Waals surface area contributed by atoms with E-state index in [2.05, 4.69) is 15.8 Å². The first kappa shape index (κ1) is 14.0. The van der Waals surface area contributed by atoms with Crippen molar-refractivity contribution in [3.63, 3.8) is 0 Å². The lowest BCUT2D eigenvalue weighted by Crippen LogP contribution is -2.25. The van der Waals surface area contributed by atoms with E-state index in [9.17, 15) is 8.42 Å². The van der Waals surface area contributed by atoms with E-state index in [1.165, 1.54) is 36.7 Å². The Balaban J connectivity index is 1.90. The smallest absolute Gasteiger partial charge is 0.242 e. The van der Waals surface area contributed by atoms with Crippen LogP contribution in [-0.2, 0) is 10.0 Å². The molecular weight excluding hydrogens is 262 g/mol. The average Bonchev–Trinajstić information content (AvgIpc) is 2.40. The molecule has 0 fully saturated rings. The van der Waals surface area contributed by atoms with Crippen LogP contribution >= 0.6 is 0 Å². The normalized spacial score (nSPS) is 16.1. The van der Waals surface area contributed by atoms with Crippen LogP contribution in [0.4, 0.5) is 5.82 Å². The lowest BCUT2D eigenvalue weighted by molar-refractivity contribution is 0.579. The molecule has 0 saturated heterocycles. The minimum Gasteiger partial charge on any atom is -0.384 e. The highest BCUT2D eigenvalue weighted by Crippen LogP contribution is 2.19. The second kappa shape index (κ2) is 6.16. The van der Waals surface area contributed by atoms with Crippen molar-refractivity contribution in [2.75, 3.05) is 12.3 Å². The monoisotopic (exact) mass is 281 g/mol. The van der Waals surface area contributed by atoms with Gasteiger partial charge in [0.2, 0.25) is 10.0 Å². The predicted molar refractivity (Wildman–Crippen MR) is 75.0 cm³/mol. The Morgan fingerprint density at radius 3 is 2.79 bits per heavy atom. The zero-order valence-electron chi connectivity index (χ0n) is 10.8. The van der Waals surface area contributed by atoms with Crippen LogP contribution in [0.2, 0.25) is 0 Å². The van der Waals surface area contributed by atoms with Crippen molar-refractivity contribution in [1.82, 2.24) is 9.71 Å². The molecule has 0 atom stereocenters. The largest absolute Gasteiger partial charge is 0.384 e. The van der Waals surface area contributed by atoms with Crippen molar-refractivity contribution in [3.8, 4) is 0 Å². The van der Waals surface area contributed by atoms with Gasteiger partial charge < -0.3 is 5.73 Å². The van der Waals surface area contributed by atoms with Gasteiger partial charge in [-0.25, -0.2) is 18.1 Å². The number of nitrogens with one attached hydrogen (secondary N) is 1. The summed E-state index contributed by atoms with van der Waals surface area (Å²) < 4.78 is 26.5. The van der Waals surface area contributed by atoms with E-state index in [1.54, 1.807) is 0 Å². The minimum absolute atomic E-state index is 0.152. The molecule has 0 aromatic carbocycles. The Bertz CT molecular complexity index is 550. The van der Waals surface area contributed by atoms with Crippen LogP contribution in [0.15, 0.2) is 34.9 Å². The molecule has 3 N–H and O–H groups in total. The summed E-state index contributed by atoms with van der Waals surface area (Å²) in [5.74, 6) is 0.311. The molecule has 1 aliphatic carbocycles. The van der Waals surface area contributed by atoms with Gasteiger partial charge in [0, 0.05) is 12.7 Å². The molecule has 0 spiro atoms. The van der Waals surface area contributed by atoms with E-state index in [0.29, 0.717) is 12.4 Å². The van der Waals surface area contributed by atoms with Gasteiger partial charge in [0.05, 0.1) is 0 Å². The first-order chi connectivity index (χ1) is 9.08. The van der Waals surface area contributed by atoms with Crippen molar-refractivity contribution in [1.29, 1.82) is 0 Å². The van der Waals surface area contributed by atoms with Gasteiger partial charge in [0.1, 0.15) is 10.7 Å². The van der Waals surface area contributed by atoms with Crippen LogP contribution < -0.4 is 10.5 Å². The second-order valence-electron chi connectivity index (χ2n) is 4.67.